The van der Waals surface area contributed by atoms with Crippen molar-refractivity contribution in [2.24, 2.45) is 0 Å². The van der Waals surface area contributed by atoms with E-state index in [4.69, 9.17) is 4.98 Å². The molecule has 0 radical (unpaired) electrons. The molecular weight excluding hydrogens is 466 g/mol. The maximum absolute atomic E-state index is 13.5. The van der Waals surface area contributed by atoms with E-state index in [1.807, 2.05) is 51.1 Å². The average Bonchev–Trinajstić information content (AvgIpc) is 3.26. The molecule has 1 fully saturated rings. The van der Waals surface area contributed by atoms with E-state index in [1.54, 1.807) is 9.47 Å². The van der Waals surface area contributed by atoms with Crippen molar-refractivity contribution in [1.82, 2.24) is 14.5 Å². The van der Waals surface area contributed by atoms with Crippen LogP contribution in [0.3, 0.4) is 0 Å². The summed E-state index contributed by atoms with van der Waals surface area (Å²) in [6.07, 6.45) is 0.471. The summed E-state index contributed by atoms with van der Waals surface area (Å²) in [6.45, 7) is 6.20. The second kappa shape index (κ2) is 8.99. The molecule has 0 saturated carbocycles. The van der Waals surface area contributed by atoms with E-state index in [-0.39, 0.29) is 34.8 Å². The Morgan fingerprint density at radius 2 is 2.00 bits per heavy atom. The van der Waals surface area contributed by atoms with Gasteiger partial charge in [0, 0.05) is 17.5 Å². The lowest BCUT2D eigenvalue weighted by Crippen LogP contribution is -2.42. The zero-order valence-electron chi connectivity index (χ0n) is 18.2. The predicted molar refractivity (Wildman–Crippen MR) is 130 cm³/mol. The SMILES string of the molecule is CCN(C(=O)CSc1nc2sc(C)c(C)c2c(=O)n1-c1ccccc1)[C@H]1CCS(=O)(=O)C1. The Hall–Kier alpha value is -2.17. The minimum atomic E-state index is -3.08. The number of carbonyl (C=O) groups excluding carboxylic acids is 1. The number of hydrogen-bond donors (Lipinski definition) is 0. The first-order valence-electron chi connectivity index (χ1n) is 10.4. The van der Waals surface area contributed by atoms with Crippen LogP contribution in [-0.4, -0.2) is 58.6 Å². The van der Waals surface area contributed by atoms with Gasteiger partial charge in [0.15, 0.2) is 15.0 Å². The van der Waals surface area contributed by atoms with E-state index in [1.165, 1.54) is 23.1 Å². The summed E-state index contributed by atoms with van der Waals surface area (Å²) in [6, 6.07) is 9.00. The van der Waals surface area contributed by atoms with Crippen LogP contribution in [0.5, 0.6) is 0 Å². The summed E-state index contributed by atoms with van der Waals surface area (Å²) in [5.74, 6) is 0.0759. The number of para-hydroxylation sites is 1. The van der Waals surface area contributed by atoms with Gasteiger partial charge in [0.2, 0.25) is 5.91 Å². The van der Waals surface area contributed by atoms with Crippen molar-refractivity contribution in [1.29, 1.82) is 0 Å². The van der Waals surface area contributed by atoms with Crippen molar-refractivity contribution < 1.29 is 13.2 Å². The molecule has 1 saturated heterocycles. The fourth-order valence-corrected chi connectivity index (χ4v) is 7.75. The van der Waals surface area contributed by atoms with Crippen LogP contribution in [0, 0.1) is 13.8 Å². The van der Waals surface area contributed by atoms with Crippen molar-refractivity contribution in [3.63, 3.8) is 0 Å². The summed E-state index contributed by atoms with van der Waals surface area (Å²) in [5, 5.41) is 1.07. The lowest BCUT2D eigenvalue weighted by molar-refractivity contribution is -0.129. The first-order valence-corrected chi connectivity index (χ1v) is 14.0. The molecule has 1 aromatic carbocycles. The van der Waals surface area contributed by atoms with E-state index >= 15 is 0 Å². The highest BCUT2D eigenvalue weighted by Gasteiger charge is 2.34. The Morgan fingerprint density at radius 1 is 1.28 bits per heavy atom. The van der Waals surface area contributed by atoms with Gasteiger partial charge in [-0.05, 0) is 44.9 Å². The molecule has 0 aliphatic carbocycles. The maximum Gasteiger partial charge on any atom is 0.267 e. The quantitative estimate of drug-likeness (QED) is 0.389. The Labute approximate surface area is 195 Å². The molecule has 1 aliphatic heterocycles. The molecule has 1 atom stereocenters. The summed E-state index contributed by atoms with van der Waals surface area (Å²) >= 11 is 2.69. The van der Waals surface area contributed by atoms with Gasteiger partial charge >= 0.3 is 0 Å². The van der Waals surface area contributed by atoms with Gasteiger partial charge in [0.05, 0.1) is 28.3 Å². The Balaban J connectivity index is 1.68. The molecule has 10 heteroatoms. The van der Waals surface area contributed by atoms with Gasteiger partial charge in [-0.2, -0.15) is 0 Å². The van der Waals surface area contributed by atoms with Crippen LogP contribution in [-0.2, 0) is 14.6 Å². The topological polar surface area (TPSA) is 89.3 Å². The Bertz CT molecular complexity index is 1330. The van der Waals surface area contributed by atoms with Crippen LogP contribution in [0.4, 0.5) is 0 Å². The second-order valence-electron chi connectivity index (χ2n) is 7.86. The fraction of sp³-hybridized carbons (Fsp3) is 0.409. The average molecular weight is 492 g/mol. The number of thiophene rings is 1. The number of aromatic nitrogens is 2. The highest BCUT2D eigenvalue weighted by Crippen LogP contribution is 2.30. The van der Waals surface area contributed by atoms with Crippen LogP contribution in [0.25, 0.3) is 15.9 Å². The Morgan fingerprint density at radius 3 is 2.62 bits per heavy atom. The van der Waals surface area contributed by atoms with E-state index in [0.717, 1.165) is 10.4 Å². The molecule has 0 unspecified atom stereocenters. The second-order valence-corrected chi connectivity index (χ2v) is 12.2. The van der Waals surface area contributed by atoms with Crippen LogP contribution in [0.15, 0.2) is 40.3 Å². The minimum Gasteiger partial charge on any atom is -0.338 e. The number of carbonyl (C=O) groups is 1. The van der Waals surface area contributed by atoms with Crippen molar-refractivity contribution in [3.8, 4) is 5.69 Å². The molecule has 0 bridgehead atoms. The van der Waals surface area contributed by atoms with Gasteiger partial charge in [-0.15, -0.1) is 11.3 Å². The molecule has 7 nitrogen and oxygen atoms in total. The molecule has 1 aliphatic rings. The number of thioether (sulfide) groups is 1. The monoisotopic (exact) mass is 491 g/mol. The zero-order chi connectivity index (χ0) is 23.0. The van der Waals surface area contributed by atoms with E-state index in [2.05, 4.69) is 0 Å². The van der Waals surface area contributed by atoms with Crippen molar-refractivity contribution in [2.45, 2.75) is 38.4 Å². The molecule has 3 aromatic rings. The van der Waals surface area contributed by atoms with E-state index in [0.29, 0.717) is 34.0 Å². The number of hydrogen-bond acceptors (Lipinski definition) is 7. The number of nitrogens with zero attached hydrogens (tertiary/aromatic N) is 3. The number of rotatable bonds is 6. The lowest BCUT2D eigenvalue weighted by Gasteiger charge is -2.26. The van der Waals surface area contributed by atoms with Gasteiger partial charge in [0.25, 0.3) is 5.56 Å². The third-order valence-corrected chi connectivity index (χ3v) is 9.60. The van der Waals surface area contributed by atoms with Crippen LogP contribution in [0.1, 0.15) is 23.8 Å². The standard InChI is InChI=1S/C22H25N3O4S3/c1-4-24(17-10-11-32(28,29)13-17)18(26)12-30-22-23-20-19(14(2)15(3)31-20)21(27)25(22)16-8-6-5-7-9-16/h5-9,17H,4,10-13H2,1-3H3/t17-/m0/s1. The third-order valence-electron chi connectivity index (χ3n) is 5.82. The molecule has 170 valence electrons. The minimum absolute atomic E-state index is 0.0178. The molecule has 2 aromatic heterocycles. The van der Waals surface area contributed by atoms with Crippen molar-refractivity contribution in [3.05, 3.63) is 51.1 Å². The van der Waals surface area contributed by atoms with Gasteiger partial charge in [0.1, 0.15) is 4.83 Å². The first kappa shape index (κ1) is 23.0. The zero-order valence-corrected chi connectivity index (χ0v) is 20.6. The van der Waals surface area contributed by atoms with Gasteiger partial charge in [-0.1, -0.05) is 30.0 Å². The van der Waals surface area contributed by atoms with Crippen LogP contribution < -0.4 is 5.56 Å². The summed E-state index contributed by atoms with van der Waals surface area (Å²) in [4.78, 5) is 34.6. The van der Waals surface area contributed by atoms with Crippen molar-refractivity contribution in [2.75, 3.05) is 23.8 Å². The lowest BCUT2D eigenvalue weighted by atomic mass is 10.2. The largest absolute Gasteiger partial charge is 0.338 e. The first-order chi connectivity index (χ1) is 15.2. The molecule has 0 spiro atoms. The third kappa shape index (κ3) is 4.35. The fourth-order valence-electron chi connectivity index (χ4n) is 4.05. The molecule has 3 heterocycles. The highest BCUT2D eigenvalue weighted by molar-refractivity contribution is 7.99. The normalized spacial score (nSPS) is 17.7. The van der Waals surface area contributed by atoms with Crippen molar-refractivity contribution >= 4 is 49.1 Å². The highest BCUT2D eigenvalue weighted by atomic mass is 32.2. The molecular formula is C22H25N3O4S3. The molecule has 32 heavy (non-hydrogen) atoms. The summed E-state index contributed by atoms with van der Waals surface area (Å²) < 4.78 is 25.3. The number of fused-ring (bicyclic) bond motifs is 1. The van der Waals surface area contributed by atoms with Gasteiger partial charge in [-0.25, -0.2) is 13.4 Å². The predicted octanol–water partition coefficient (Wildman–Crippen LogP) is 3.19. The number of aryl methyl sites for hydroxylation is 2. The molecule has 0 N–H and O–H groups in total. The van der Waals surface area contributed by atoms with E-state index in [9.17, 15) is 18.0 Å². The van der Waals surface area contributed by atoms with Gasteiger partial charge in [-0.3, -0.25) is 14.2 Å². The smallest absolute Gasteiger partial charge is 0.267 e. The summed E-state index contributed by atoms with van der Waals surface area (Å²) in [7, 11) is -3.08. The van der Waals surface area contributed by atoms with E-state index < -0.39 is 9.84 Å². The molecule has 4 rings (SSSR count). The number of benzene rings is 1. The van der Waals surface area contributed by atoms with Gasteiger partial charge < -0.3 is 4.90 Å². The van der Waals surface area contributed by atoms with Crippen LogP contribution in [0.2, 0.25) is 0 Å². The van der Waals surface area contributed by atoms with Crippen LogP contribution >= 0.6 is 23.1 Å². The summed E-state index contributed by atoms with van der Waals surface area (Å²) in [5.41, 5.74) is 1.48. The molecule has 1 amide bonds. The Kier molecular flexibility index (Phi) is 6.46. The maximum atomic E-state index is 13.5. The number of amides is 1. The number of sulfone groups is 1.